The first-order valence-corrected chi connectivity index (χ1v) is 7.62. The van der Waals surface area contributed by atoms with Crippen molar-refractivity contribution in [2.45, 2.75) is 13.5 Å². The highest BCUT2D eigenvalue weighted by Crippen LogP contribution is 2.20. The fourth-order valence-electron chi connectivity index (χ4n) is 2.04. The van der Waals surface area contributed by atoms with Gasteiger partial charge in [0, 0.05) is 30.2 Å². The number of nitrogens with zero attached hydrogens (tertiary/aromatic N) is 2. The molecule has 1 heterocycles. The minimum absolute atomic E-state index is 0.568. The van der Waals surface area contributed by atoms with Crippen LogP contribution in [0.4, 0.5) is 0 Å². The van der Waals surface area contributed by atoms with Crippen LogP contribution in [0, 0.1) is 6.92 Å². The molecule has 1 saturated heterocycles. The van der Waals surface area contributed by atoms with Crippen molar-refractivity contribution in [3.05, 3.63) is 29.3 Å². The molecule has 1 aliphatic rings. The molecule has 2 rings (SSSR count). The van der Waals surface area contributed by atoms with Crippen LogP contribution in [0.5, 0.6) is 5.75 Å². The van der Waals surface area contributed by atoms with E-state index in [0.29, 0.717) is 12.5 Å². The molecule has 1 aromatic carbocycles. The number of nitrogens with two attached hydrogens (primary N) is 1. The van der Waals surface area contributed by atoms with Gasteiger partial charge in [0.1, 0.15) is 5.75 Å². The highest BCUT2D eigenvalue weighted by atomic mass is 32.2. The molecule has 1 aromatic rings. The molecule has 0 bridgehead atoms. The second-order valence-electron chi connectivity index (χ2n) is 4.59. The molecule has 4 nitrogen and oxygen atoms in total. The predicted molar refractivity (Wildman–Crippen MR) is 82.0 cm³/mol. The molecule has 0 unspecified atom stereocenters. The molecule has 104 valence electrons. The first-order chi connectivity index (χ1) is 9.20. The Balaban J connectivity index is 2.04. The zero-order chi connectivity index (χ0) is 13.7. The average Bonchev–Trinajstić information content (AvgIpc) is 2.46. The molecule has 2 N–H and O–H groups in total. The molecule has 19 heavy (non-hydrogen) atoms. The SMILES string of the molecule is COc1cc(C)ccc1CN=C(N)N1CCSCC1. The summed E-state index contributed by atoms with van der Waals surface area (Å²) in [6, 6.07) is 6.15. The summed E-state index contributed by atoms with van der Waals surface area (Å²) in [5.74, 6) is 3.78. The van der Waals surface area contributed by atoms with Crippen LogP contribution in [0.25, 0.3) is 0 Å². The number of guanidine groups is 1. The summed E-state index contributed by atoms with van der Waals surface area (Å²) in [5.41, 5.74) is 8.30. The average molecular weight is 279 g/mol. The van der Waals surface area contributed by atoms with Crippen molar-refractivity contribution in [1.29, 1.82) is 0 Å². The molecule has 0 atom stereocenters. The Hall–Kier alpha value is -1.36. The van der Waals surface area contributed by atoms with Gasteiger partial charge in [0.2, 0.25) is 0 Å². The minimum atomic E-state index is 0.568. The van der Waals surface area contributed by atoms with Gasteiger partial charge < -0.3 is 15.4 Å². The maximum atomic E-state index is 6.04. The van der Waals surface area contributed by atoms with Gasteiger partial charge in [0.05, 0.1) is 13.7 Å². The largest absolute Gasteiger partial charge is 0.496 e. The lowest BCUT2D eigenvalue weighted by Crippen LogP contribution is -2.42. The second kappa shape index (κ2) is 6.70. The summed E-state index contributed by atoms with van der Waals surface area (Å²) < 4.78 is 5.38. The molecule has 1 fully saturated rings. The third-order valence-corrected chi connectivity index (χ3v) is 4.13. The van der Waals surface area contributed by atoms with Crippen LogP contribution >= 0.6 is 11.8 Å². The monoisotopic (exact) mass is 279 g/mol. The van der Waals surface area contributed by atoms with Crippen molar-refractivity contribution >= 4 is 17.7 Å². The Labute approximate surface area is 119 Å². The van der Waals surface area contributed by atoms with Crippen molar-refractivity contribution in [2.24, 2.45) is 10.7 Å². The summed E-state index contributed by atoms with van der Waals surface area (Å²) in [4.78, 5) is 6.64. The molecule has 0 saturated carbocycles. The second-order valence-corrected chi connectivity index (χ2v) is 5.81. The Morgan fingerprint density at radius 2 is 2.16 bits per heavy atom. The van der Waals surface area contributed by atoms with E-state index in [1.54, 1.807) is 7.11 Å². The van der Waals surface area contributed by atoms with Gasteiger partial charge in [-0.05, 0) is 18.6 Å². The fourth-order valence-corrected chi connectivity index (χ4v) is 2.94. The number of methoxy groups -OCH3 is 1. The molecular weight excluding hydrogens is 258 g/mol. The number of thioether (sulfide) groups is 1. The van der Waals surface area contributed by atoms with Crippen molar-refractivity contribution in [1.82, 2.24) is 4.90 Å². The van der Waals surface area contributed by atoms with Gasteiger partial charge >= 0.3 is 0 Å². The summed E-state index contributed by atoms with van der Waals surface area (Å²) >= 11 is 1.97. The van der Waals surface area contributed by atoms with Crippen LogP contribution < -0.4 is 10.5 Å². The van der Waals surface area contributed by atoms with Gasteiger partial charge in [0.15, 0.2) is 5.96 Å². The normalized spacial score (nSPS) is 16.5. The Bertz CT molecular complexity index is 456. The van der Waals surface area contributed by atoms with E-state index in [0.717, 1.165) is 35.9 Å². The van der Waals surface area contributed by atoms with Crippen LogP contribution in [-0.4, -0.2) is 42.6 Å². The molecule has 0 aliphatic carbocycles. The van der Waals surface area contributed by atoms with Gasteiger partial charge in [-0.15, -0.1) is 0 Å². The van der Waals surface area contributed by atoms with Crippen LogP contribution in [0.3, 0.4) is 0 Å². The summed E-state index contributed by atoms with van der Waals surface area (Å²) in [7, 11) is 1.69. The van der Waals surface area contributed by atoms with E-state index >= 15 is 0 Å². The molecule has 0 amide bonds. The van der Waals surface area contributed by atoms with Gasteiger partial charge in [0.25, 0.3) is 0 Å². The third kappa shape index (κ3) is 3.80. The van der Waals surface area contributed by atoms with E-state index in [1.807, 2.05) is 17.8 Å². The molecular formula is C14H21N3OS. The lowest BCUT2D eigenvalue weighted by Gasteiger charge is -2.27. The smallest absolute Gasteiger partial charge is 0.191 e. The highest BCUT2D eigenvalue weighted by molar-refractivity contribution is 7.99. The number of hydrogen-bond donors (Lipinski definition) is 1. The van der Waals surface area contributed by atoms with E-state index in [1.165, 1.54) is 5.56 Å². The number of hydrogen-bond acceptors (Lipinski definition) is 3. The standard InChI is InChI=1S/C14H21N3OS/c1-11-3-4-12(13(9-11)18-2)10-16-14(15)17-5-7-19-8-6-17/h3-4,9H,5-8,10H2,1-2H3,(H2,15,16). The van der Waals surface area contributed by atoms with E-state index in [9.17, 15) is 0 Å². The number of aliphatic imine (C=N–C) groups is 1. The predicted octanol–water partition coefficient (Wildman–Crippen LogP) is 1.87. The van der Waals surface area contributed by atoms with E-state index in [-0.39, 0.29) is 0 Å². The Morgan fingerprint density at radius 1 is 1.42 bits per heavy atom. The van der Waals surface area contributed by atoms with Gasteiger partial charge in [-0.3, -0.25) is 0 Å². The quantitative estimate of drug-likeness (QED) is 0.678. The summed E-state index contributed by atoms with van der Waals surface area (Å²) in [5, 5.41) is 0. The van der Waals surface area contributed by atoms with Crippen LogP contribution in [-0.2, 0) is 6.54 Å². The molecule has 0 spiro atoms. The minimum Gasteiger partial charge on any atom is -0.496 e. The van der Waals surface area contributed by atoms with Crippen molar-refractivity contribution in [3.63, 3.8) is 0 Å². The molecule has 0 radical (unpaired) electrons. The van der Waals surface area contributed by atoms with Gasteiger partial charge in [-0.25, -0.2) is 4.99 Å². The topological polar surface area (TPSA) is 50.9 Å². The lowest BCUT2D eigenvalue weighted by molar-refractivity contribution is 0.409. The number of ether oxygens (including phenoxy) is 1. The maximum Gasteiger partial charge on any atom is 0.191 e. The van der Waals surface area contributed by atoms with E-state index in [4.69, 9.17) is 10.5 Å². The van der Waals surface area contributed by atoms with Gasteiger partial charge in [-0.2, -0.15) is 11.8 Å². The van der Waals surface area contributed by atoms with Gasteiger partial charge in [-0.1, -0.05) is 12.1 Å². The first kappa shape index (κ1) is 14.1. The summed E-state index contributed by atoms with van der Waals surface area (Å²) in [6.07, 6.45) is 0. The van der Waals surface area contributed by atoms with Crippen molar-refractivity contribution in [3.8, 4) is 5.75 Å². The molecule has 0 aromatic heterocycles. The Morgan fingerprint density at radius 3 is 2.84 bits per heavy atom. The molecule has 1 aliphatic heterocycles. The van der Waals surface area contributed by atoms with Crippen molar-refractivity contribution < 1.29 is 4.74 Å². The zero-order valence-corrected chi connectivity index (χ0v) is 12.4. The highest BCUT2D eigenvalue weighted by Gasteiger charge is 2.12. The number of aryl methyl sites for hydroxylation is 1. The van der Waals surface area contributed by atoms with E-state index < -0.39 is 0 Å². The van der Waals surface area contributed by atoms with Crippen LogP contribution in [0.1, 0.15) is 11.1 Å². The van der Waals surface area contributed by atoms with Crippen molar-refractivity contribution in [2.75, 3.05) is 31.7 Å². The number of rotatable bonds is 3. The lowest BCUT2D eigenvalue weighted by atomic mass is 10.1. The summed E-state index contributed by atoms with van der Waals surface area (Å²) in [6.45, 7) is 4.60. The Kier molecular flexibility index (Phi) is 4.96. The fraction of sp³-hybridized carbons (Fsp3) is 0.500. The zero-order valence-electron chi connectivity index (χ0n) is 11.6. The first-order valence-electron chi connectivity index (χ1n) is 6.47. The molecule has 5 heteroatoms. The van der Waals surface area contributed by atoms with Crippen LogP contribution in [0.15, 0.2) is 23.2 Å². The number of benzene rings is 1. The van der Waals surface area contributed by atoms with Crippen LogP contribution in [0.2, 0.25) is 0 Å². The third-order valence-electron chi connectivity index (χ3n) is 3.19. The van der Waals surface area contributed by atoms with E-state index in [2.05, 4.69) is 28.9 Å². The maximum absolute atomic E-state index is 6.04.